The molecule has 0 saturated carbocycles. The molecule has 2 fully saturated rings. The minimum absolute atomic E-state index is 0.0326. The van der Waals surface area contributed by atoms with Gasteiger partial charge in [0.2, 0.25) is 12.2 Å². The Hall–Kier alpha value is -5.30. The average molecular weight is 909 g/mol. The highest BCUT2D eigenvalue weighted by Crippen LogP contribution is 2.37. The minimum atomic E-state index is -2.50. The molecule has 2 aliphatic rings. The van der Waals surface area contributed by atoms with Gasteiger partial charge in [-0.1, -0.05) is 89.4 Å². The molecule has 0 radical (unpaired) electrons. The van der Waals surface area contributed by atoms with E-state index in [4.69, 9.17) is 87.6 Å². The van der Waals surface area contributed by atoms with Gasteiger partial charge in [-0.2, -0.15) is 0 Å². The standard InChI is InChI=1S/C41H40Cl3NO16/c1-21-29(57-35(49)25-14-8-5-9-15-25)31(58-36(50)26-16-10-6-11-17-26)33(59-37(51)27-18-12-7-13-19-27)38(53-21)60-34-32(55-24(4)48)30(54-23(3)47)28(20-52-22(2)46)56-39(34)61-40(45)41(42,43)44/h5-19,21,28-34,38-39,45H,20H2,1-4H3. The highest BCUT2D eigenvalue weighted by molar-refractivity contribution is 6.76. The molecule has 3 aromatic carbocycles. The summed E-state index contributed by atoms with van der Waals surface area (Å²) < 4.78 is 56.2. The molecular formula is C41H40Cl3NO16. The number of esters is 6. The van der Waals surface area contributed by atoms with Crippen LogP contribution < -0.4 is 0 Å². The molecule has 5 rings (SSSR count). The van der Waals surface area contributed by atoms with Crippen molar-refractivity contribution in [2.75, 3.05) is 6.61 Å². The topological polar surface area (TPSA) is 219 Å². The number of rotatable bonds is 13. The van der Waals surface area contributed by atoms with Crippen LogP contribution in [0.2, 0.25) is 0 Å². The molecule has 2 saturated heterocycles. The maximum atomic E-state index is 13.9. The molecule has 326 valence electrons. The van der Waals surface area contributed by atoms with Gasteiger partial charge in [0, 0.05) is 20.8 Å². The van der Waals surface area contributed by atoms with E-state index in [2.05, 4.69) is 0 Å². The van der Waals surface area contributed by atoms with Crippen LogP contribution in [0.15, 0.2) is 91.0 Å². The lowest BCUT2D eigenvalue weighted by Crippen LogP contribution is -2.67. The zero-order chi connectivity index (χ0) is 44.4. The summed E-state index contributed by atoms with van der Waals surface area (Å²) in [6.45, 7) is 3.99. The van der Waals surface area contributed by atoms with Crippen molar-refractivity contribution in [2.45, 2.75) is 92.9 Å². The van der Waals surface area contributed by atoms with Crippen LogP contribution in [0.5, 0.6) is 0 Å². The lowest BCUT2D eigenvalue weighted by atomic mass is 9.96. The van der Waals surface area contributed by atoms with E-state index in [1.807, 2.05) is 0 Å². The van der Waals surface area contributed by atoms with Crippen LogP contribution >= 0.6 is 34.8 Å². The van der Waals surface area contributed by atoms with E-state index in [0.29, 0.717) is 0 Å². The van der Waals surface area contributed by atoms with E-state index in [9.17, 15) is 28.8 Å². The van der Waals surface area contributed by atoms with Gasteiger partial charge in [-0.15, -0.1) is 0 Å². The SMILES string of the molecule is CC(=O)OCC1OC(OC(=N)C(Cl)(Cl)Cl)C(OC2OC(C)C(OC(=O)c3ccccc3)C(OC(=O)c3ccccc3)C2OC(=O)c2ccccc2)C(OC(C)=O)C1OC(C)=O. The molecule has 2 aliphatic heterocycles. The fourth-order valence-electron chi connectivity index (χ4n) is 6.25. The number of hydrogen-bond acceptors (Lipinski definition) is 17. The van der Waals surface area contributed by atoms with E-state index in [1.54, 1.807) is 54.6 Å². The molecule has 3 aromatic rings. The summed E-state index contributed by atoms with van der Waals surface area (Å²) in [4.78, 5) is 78.4. The van der Waals surface area contributed by atoms with Crippen molar-refractivity contribution >= 4 is 76.5 Å². The van der Waals surface area contributed by atoms with Crippen LogP contribution in [-0.2, 0) is 61.8 Å². The first kappa shape index (κ1) is 46.8. The zero-order valence-corrected chi connectivity index (χ0v) is 35.1. The number of nitrogens with one attached hydrogen (secondary N) is 1. The average Bonchev–Trinajstić information content (AvgIpc) is 3.21. The maximum absolute atomic E-state index is 13.9. The number of carbonyl (C=O) groups excluding carboxylic acids is 6. The Kier molecular flexibility index (Phi) is 16.1. The number of benzene rings is 3. The Balaban J connectivity index is 1.64. The highest BCUT2D eigenvalue weighted by Gasteiger charge is 2.58. The first-order valence-electron chi connectivity index (χ1n) is 18.5. The van der Waals surface area contributed by atoms with E-state index in [0.717, 1.165) is 20.8 Å². The molecule has 1 N–H and O–H groups in total. The van der Waals surface area contributed by atoms with Crippen LogP contribution in [0, 0.1) is 5.41 Å². The van der Waals surface area contributed by atoms with Gasteiger partial charge in [-0.05, 0) is 43.3 Å². The molecule has 0 aromatic heterocycles. The van der Waals surface area contributed by atoms with Crippen molar-refractivity contribution < 1.29 is 76.1 Å². The first-order valence-corrected chi connectivity index (χ1v) is 19.6. The number of halogens is 3. The monoisotopic (exact) mass is 907 g/mol. The molecule has 10 unspecified atom stereocenters. The van der Waals surface area contributed by atoms with Crippen molar-refractivity contribution in [1.29, 1.82) is 5.41 Å². The van der Waals surface area contributed by atoms with Crippen molar-refractivity contribution in [2.24, 2.45) is 0 Å². The molecule has 0 bridgehead atoms. The molecule has 17 nitrogen and oxygen atoms in total. The normalized spacial score (nSPS) is 26.1. The quantitative estimate of drug-likeness (QED) is 0.0756. The van der Waals surface area contributed by atoms with Crippen LogP contribution in [0.3, 0.4) is 0 Å². The Morgan fingerprint density at radius 1 is 0.541 bits per heavy atom. The van der Waals surface area contributed by atoms with Gasteiger partial charge < -0.3 is 47.4 Å². The third kappa shape index (κ3) is 12.6. The zero-order valence-electron chi connectivity index (χ0n) is 32.8. The van der Waals surface area contributed by atoms with E-state index < -0.39 is 114 Å². The van der Waals surface area contributed by atoms with Gasteiger partial charge in [-0.25, -0.2) is 14.4 Å². The predicted molar refractivity (Wildman–Crippen MR) is 212 cm³/mol. The van der Waals surface area contributed by atoms with Gasteiger partial charge in [0.1, 0.15) is 12.7 Å². The predicted octanol–water partition coefficient (Wildman–Crippen LogP) is 5.31. The van der Waals surface area contributed by atoms with Crippen LogP contribution in [0.4, 0.5) is 0 Å². The van der Waals surface area contributed by atoms with Crippen LogP contribution in [-0.4, -0.2) is 114 Å². The van der Waals surface area contributed by atoms with Crippen LogP contribution in [0.25, 0.3) is 0 Å². The number of carbonyl (C=O) groups is 6. The van der Waals surface area contributed by atoms with Crippen molar-refractivity contribution in [1.82, 2.24) is 0 Å². The van der Waals surface area contributed by atoms with E-state index in [-0.39, 0.29) is 16.7 Å². The summed E-state index contributed by atoms with van der Waals surface area (Å²) in [5, 5.41) is 8.37. The van der Waals surface area contributed by atoms with Crippen molar-refractivity contribution in [3.05, 3.63) is 108 Å². The van der Waals surface area contributed by atoms with Crippen LogP contribution in [0.1, 0.15) is 58.8 Å². The van der Waals surface area contributed by atoms with Gasteiger partial charge >= 0.3 is 35.8 Å². The Morgan fingerprint density at radius 3 is 1.41 bits per heavy atom. The van der Waals surface area contributed by atoms with Gasteiger partial charge in [0.15, 0.2) is 42.9 Å². The largest absolute Gasteiger partial charge is 0.463 e. The lowest BCUT2D eigenvalue weighted by Gasteiger charge is -2.48. The third-order valence-corrected chi connectivity index (χ3v) is 9.43. The number of alkyl halides is 3. The Labute approximate surface area is 364 Å². The fraction of sp³-hybridized carbons (Fsp3) is 0.390. The smallest absolute Gasteiger partial charge is 0.338 e. The first-order chi connectivity index (χ1) is 28.9. The second kappa shape index (κ2) is 21.0. The molecule has 0 amide bonds. The maximum Gasteiger partial charge on any atom is 0.338 e. The van der Waals surface area contributed by atoms with E-state index in [1.165, 1.54) is 43.3 Å². The summed E-state index contributed by atoms with van der Waals surface area (Å²) in [7, 11) is 0. The molecule has 10 atom stereocenters. The molecular weight excluding hydrogens is 869 g/mol. The summed E-state index contributed by atoms with van der Waals surface area (Å²) in [6, 6.07) is 23.3. The van der Waals surface area contributed by atoms with Crippen molar-refractivity contribution in [3.8, 4) is 0 Å². The summed E-state index contributed by atoms with van der Waals surface area (Å²) in [5.41, 5.74) is 0.224. The molecule has 2 heterocycles. The molecule has 61 heavy (non-hydrogen) atoms. The van der Waals surface area contributed by atoms with Gasteiger partial charge in [-0.3, -0.25) is 19.8 Å². The molecule has 0 aliphatic carbocycles. The Bertz CT molecular complexity index is 2040. The third-order valence-electron chi connectivity index (χ3n) is 8.91. The number of ether oxygens (including phenoxy) is 10. The Morgan fingerprint density at radius 2 is 0.967 bits per heavy atom. The minimum Gasteiger partial charge on any atom is -0.463 e. The second-order valence-electron chi connectivity index (χ2n) is 13.5. The van der Waals surface area contributed by atoms with Gasteiger partial charge in [0.25, 0.3) is 3.79 Å². The van der Waals surface area contributed by atoms with Gasteiger partial charge in [0.05, 0.1) is 22.8 Å². The summed E-state index contributed by atoms with van der Waals surface area (Å²) in [5.74, 6) is -6.42. The summed E-state index contributed by atoms with van der Waals surface area (Å²) in [6.07, 6.45) is -16.8. The fourth-order valence-corrected chi connectivity index (χ4v) is 6.38. The van der Waals surface area contributed by atoms with Crippen molar-refractivity contribution in [3.63, 3.8) is 0 Å². The summed E-state index contributed by atoms with van der Waals surface area (Å²) >= 11 is 17.9. The number of hydrogen-bond donors (Lipinski definition) is 1. The molecule has 0 spiro atoms. The second-order valence-corrected chi connectivity index (χ2v) is 15.7. The lowest BCUT2D eigenvalue weighted by molar-refractivity contribution is -0.355. The highest BCUT2D eigenvalue weighted by atomic mass is 35.6. The van der Waals surface area contributed by atoms with E-state index >= 15 is 0 Å². The molecule has 20 heteroatoms.